The minimum atomic E-state index is -1.30. The monoisotopic (exact) mass is 259 g/mol. The molecule has 0 aliphatic rings. The lowest BCUT2D eigenvalue weighted by atomic mass is 10.1. The molecule has 2 nitrogen and oxygen atoms in total. The third kappa shape index (κ3) is 10.9. The molecule has 0 heterocycles. The number of unbranched alkanes of at least 4 members (excludes halogenated alkanes) is 8. The largest absolute Gasteiger partial charge is 0.612 e. The Morgan fingerprint density at radius 2 is 1.41 bits per heavy atom. The Bertz CT molecular complexity index is 195. The summed E-state index contributed by atoms with van der Waals surface area (Å²) in [4.78, 5) is 11.4. The van der Waals surface area contributed by atoms with Gasteiger partial charge in [0.15, 0.2) is 7.94 Å². The molecule has 0 bridgehead atoms. The average Bonchev–Trinajstić information content (AvgIpc) is 2.35. The van der Waals surface area contributed by atoms with Crippen LogP contribution >= 0.6 is 7.94 Å². The molecule has 0 saturated heterocycles. The van der Waals surface area contributed by atoms with Crippen LogP contribution in [0.3, 0.4) is 0 Å². The molecular weight excluding hydrogens is 229 g/mol. The summed E-state index contributed by atoms with van der Waals surface area (Å²) in [5, 5.41) is 0. The van der Waals surface area contributed by atoms with Gasteiger partial charge in [0.25, 0.3) is 0 Å². The lowest BCUT2D eigenvalue weighted by Crippen LogP contribution is -2.03. The highest BCUT2D eigenvalue weighted by molar-refractivity contribution is 7.40. The van der Waals surface area contributed by atoms with Crippen molar-refractivity contribution < 1.29 is 4.89 Å². The van der Waals surface area contributed by atoms with Crippen molar-refractivity contribution in [2.75, 3.05) is 7.05 Å². The summed E-state index contributed by atoms with van der Waals surface area (Å²) in [5.74, 6) is 0. The van der Waals surface area contributed by atoms with Crippen LogP contribution in [0.2, 0.25) is 0 Å². The minimum absolute atomic E-state index is 0.277. The maximum atomic E-state index is 11.4. The topological polar surface area (TPSA) is 35.4 Å². The summed E-state index contributed by atoms with van der Waals surface area (Å²) in [7, 11) is 0.359. The normalized spacial score (nSPS) is 14.0. The van der Waals surface area contributed by atoms with Crippen LogP contribution in [-0.4, -0.2) is 12.7 Å². The van der Waals surface area contributed by atoms with Crippen LogP contribution in [0.15, 0.2) is 4.74 Å². The van der Waals surface area contributed by atoms with Gasteiger partial charge in [0.05, 0.1) is 7.05 Å². The summed E-state index contributed by atoms with van der Waals surface area (Å²) in [6.07, 6.45) is 13.2. The van der Waals surface area contributed by atoms with Crippen molar-refractivity contribution in [2.24, 2.45) is 4.74 Å². The highest BCUT2D eigenvalue weighted by Gasteiger charge is 2.10. The fourth-order valence-electron chi connectivity index (χ4n) is 2.06. The van der Waals surface area contributed by atoms with E-state index >= 15 is 0 Å². The van der Waals surface area contributed by atoms with Gasteiger partial charge in [-0.05, 0) is 19.8 Å². The Kier molecular flexibility index (Phi) is 12.6. The Hall–Kier alpha value is 0.0600. The van der Waals surface area contributed by atoms with E-state index in [2.05, 4.69) is 18.6 Å². The molecule has 2 atom stereocenters. The zero-order valence-electron chi connectivity index (χ0n) is 12.0. The van der Waals surface area contributed by atoms with Crippen molar-refractivity contribution in [3.05, 3.63) is 0 Å². The van der Waals surface area contributed by atoms with E-state index in [4.69, 9.17) is 0 Å². The number of hydrogen-bond donors (Lipinski definition) is 0. The highest BCUT2D eigenvalue weighted by Crippen LogP contribution is 2.26. The van der Waals surface area contributed by atoms with Gasteiger partial charge in [-0.1, -0.05) is 58.3 Å². The predicted molar refractivity (Wildman–Crippen MR) is 76.6 cm³/mol. The quantitative estimate of drug-likeness (QED) is 0.385. The average molecular weight is 259 g/mol. The predicted octanol–water partition coefficient (Wildman–Crippen LogP) is 4.87. The first-order valence-corrected chi connectivity index (χ1v) is 8.56. The molecule has 0 aromatic heterocycles. The molecule has 0 aliphatic carbocycles. The number of hydrogen-bond acceptors (Lipinski definition) is 2. The lowest BCUT2D eigenvalue weighted by molar-refractivity contribution is -0.157. The van der Waals surface area contributed by atoms with E-state index in [1.165, 1.54) is 57.8 Å². The molecule has 0 aliphatic heterocycles. The van der Waals surface area contributed by atoms with Gasteiger partial charge in [-0.15, -0.1) is 4.74 Å². The minimum Gasteiger partial charge on any atom is -0.612 e. The van der Waals surface area contributed by atoms with Crippen molar-refractivity contribution in [2.45, 2.75) is 83.7 Å². The zero-order valence-corrected chi connectivity index (χ0v) is 12.8. The lowest BCUT2D eigenvalue weighted by Gasteiger charge is -2.06. The van der Waals surface area contributed by atoms with Gasteiger partial charge < -0.3 is 4.89 Å². The molecule has 2 unspecified atom stereocenters. The SMILES string of the molecule is CCCCCCCCCCCC(C)[P+]([O-])=NC. The van der Waals surface area contributed by atoms with Gasteiger partial charge in [-0.25, -0.2) is 0 Å². The van der Waals surface area contributed by atoms with Gasteiger partial charge in [-0.2, -0.15) is 0 Å². The third-order valence-electron chi connectivity index (χ3n) is 3.30. The fraction of sp³-hybridized carbons (Fsp3) is 1.00. The van der Waals surface area contributed by atoms with Crippen LogP contribution in [0.25, 0.3) is 0 Å². The summed E-state index contributed by atoms with van der Waals surface area (Å²) >= 11 is 0. The first-order chi connectivity index (χ1) is 8.22. The van der Waals surface area contributed by atoms with Crippen LogP contribution in [0.4, 0.5) is 0 Å². The summed E-state index contributed by atoms with van der Waals surface area (Å²) in [6, 6.07) is 0. The Morgan fingerprint density at radius 3 is 1.88 bits per heavy atom. The Morgan fingerprint density at radius 1 is 0.941 bits per heavy atom. The molecule has 0 fully saturated rings. The van der Waals surface area contributed by atoms with Crippen molar-refractivity contribution in [1.29, 1.82) is 0 Å². The van der Waals surface area contributed by atoms with Crippen molar-refractivity contribution in [3.63, 3.8) is 0 Å². The fourth-order valence-corrected chi connectivity index (χ4v) is 2.86. The van der Waals surface area contributed by atoms with Crippen molar-refractivity contribution in [1.82, 2.24) is 0 Å². The summed E-state index contributed by atoms with van der Waals surface area (Å²) in [5.41, 5.74) is 0.277. The zero-order chi connectivity index (χ0) is 12.9. The molecule has 17 heavy (non-hydrogen) atoms. The second-order valence-corrected chi connectivity index (χ2v) is 6.86. The second kappa shape index (κ2) is 12.5. The standard InChI is InChI=1S/C14H30NOP/c1-4-5-6-7-8-9-10-11-12-13-14(2)17(16)15-3/h14H,4-13H2,1-3H3. The third-order valence-corrected chi connectivity index (χ3v) is 4.71. The molecule has 0 aromatic rings. The van der Waals surface area contributed by atoms with Crippen LogP contribution < -0.4 is 4.89 Å². The molecule has 0 amide bonds. The summed E-state index contributed by atoms with van der Waals surface area (Å²) in [6.45, 7) is 4.31. The molecular formula is C14H30NOP. The number of nitrogens with zero attached hydrogens (tertiary/aromatic N) is 1. The maximum Gasteiger partial charge on any atom is 0.165 e. The Labute approximate surface area is 109 Å². The van der Waals surface area contributed by atoms with E-state index in [1.807, 2.05) is 0 Å². The first-order valence-electron chi connectivity index (χ1n) is 7.28. The molecule has 0 saturated carbocycles. The van der Waals surface area contributed by atoms with Gasteiger partial charge in [0.1, 0.15) is 5.66 Å². The van der Waals surface area contributed by atoms with E-state index in [-0.39, 0.29) is 5.66 Å². The van der Waals surface area contributed by atoms with Gasteiger partial charge >= 0.3 is 0 Å². The van der Waals surface area contributed by atoms with E-state index in [9.17, 15) is 4.89 Å². The first kappa shape index (κ1) is 17.1. The molecule has 0 rings (SSSR count). The van der Waals surface area contributed by atoms with Crippen LogP contribution in [0, 0.1) is 0 Å². The second-order valence-electron chi connectivity index (χ2n) is 4.97. The van der Waals surface area contributed by atoms with Crippen molar-refractivity contribution in [3.8, 4) is 0 Å². The molecule has 0 radical (unpaired) electrons. The van der Waals surface area contributed by atoms with Crippen LogP contribution in [0.5, 0.6) is 0 Å². The molecule has 0 N–H and O–H groups in total. The van der Waals surface area contributed by atoms with Gasteiger partial charge in [0, 0.05) is 0 Å². The van der Waals surface area contributed by atoms with Crippen molar-refractivity contribution >= 4 is 7.94 Å². The van der Waals surface area contributed by atoms with Gasteiger partial charge in [0.2, 0.25) is 0 Å². The Balaban J connectivity index is 3.18. The van der Waals surface area contributed by atoms with E-state index in [0.29, 0.717) is 0 Å². The number of rotatable bonds is 11. The van der Waals surface area contributed by atoms with Crippen LogP contribution in [0.1, 0.15) is 78.1 Å². The maximum absolute atomic E-state index is 11.4. The molecule has 0 spiro atoms. The van der Waals surface area contributed by atoms with Gasteiger partial charge in [-0.3, -0.25) is 0 Å². The van der Waals surface area contributed by atoms with E-state index < -0.39 is 7.94 Å². The highest BCUT2D eigenvalue weighted by atomic mass is 31.1. The van der Waals surface area contributed by atoms with Crippen LogP contribution in [-0.2, 0) is 0 Å². The smallest absolute Gasteiger partial charge is 0.165 e. The van der Waals surface area contributed by atoms with E-state index in [0.717, 1.165) is 6.42 Å². The molecule has 102 valence electrons. The van der Waals surface area contributed by atoms with E-state index in [1.54, 1.807) is 7.05 Å². The molecule has 3 heteroatoms. The molecule has 0 aromatic carbocycles. The summed E-state index contributed by atoms with van der Waals surface area (Å²) < 4.78 is 3.85.